The van der Waals surface area contributed by atoms with Gasteiger partial charge in [-0.1, -0.05) is 394 Å². The van der Waals surface area contributed by atoms with E-state index in [-0.39, 0.29) is 0 Å². The molecular weight excluding hydrogens is 1510 g/mol. The van der Waals surface area contributed by atoms with Crippen LogP contribution in [0.1, 0.15) is 11.1 Å². The Morgan fingerprint density at radius 3 is 0.694 bits per heavy atom. The maximum absolute atomic E-state index is 10.1. The monoisotopic (exact) mass is 1570 g/mol. The third kappa shape index (κ3) is 12.2. The molecule has 20 aromatic carbocycles. The van der Waals surface area contributed by atoms with Crippen molar-refractivity contribution in [1.82, 2.24) is 29.9 Å². The van der Waals surface area contributed by atoms with E-state index in [4.69, 9.17) is 29.9 Å². The van der Waals surface area contributed by atoms with Crippen LogP contribution in [0.25, 0.3) is 244 Å². The van der Waals surface area contributed by atoms with Crippen molar-refractivity contribution in [3.63, 3.8) is 0 Å². The second kappa shape index (κ2) is 30.1. The van der Waals surface area contributed by atoms with Crippen molar-refractivity contribution in [1.29, 1.82) is 10.5 Å². The first-order valence-corrected chi connectivity index (χ1v) is 41.7. The van der Waals surface area contributed by atoms with Gasteiger partial charge >= 0.3 is 0 Å². The molecule has 2 heterocycles. The summed E-state index contributed by atoms with van der Waals surface area (Å²) >= 11 is 0. The fraction of sp³-hybridized carbons (Fsp3) is 0. The molecule has 0 bridgehead atoms. The van der Waals surface area contributed by atoms with Crippen molar-refractivity contribution in [2.24, 2.45) is 0 Å². The number of nitriles is 2. The number of hydrogen-bond acceptors (Lipinski definition) is 8. The summed E-state index contributed by atoms with van der Waals surface area (Å²) in [6.07, 6.45) is 0. The minimum Gasteiger partial charge on any atom is -0.208 e. The molecule has 24 rings (SSSR count). The molecule has 0 fully saturated rings. The maximum Gasteiger partial charge on any atom is 0.164 e. The van der Waals surface area contributed by atoms with Gasteiger partial charge in [0.05, 0.1) is 23.3 Å². The minimum atomic E-state index is 0.622. The average molecular weight is 1570 g/mol. The fourth-order valence-electron chi connectivity index (χ4n) is 19.1. The van der Waals surface area contributed by atoms with E-state index in [1.54, 1.807) is 0 Å². The maximum atomic E-state index is 10.1. The Hall–Kier alpha value is -17.0. The summed E-state index contributed by atoms with van der Waals surface area (Å²) < 4.78 is 0. The van der Waals surface area contributed by atoms with E-state index in [0.29, 0.717) is 46.1 Å². The highest BCUT2D eigenvalue weighted by atomic mass is 15.0. The summed E-state index contributed by atoms with van der Waals surface area (Å²) in [4.78, 5) is 29.8. The summed E-state index contributed by atoms with van der Waals surface area (Å²) in [5.41, 5.74) is 30.7. The van der Waals surface area contributed by atoms with E-state index in [1.807, 2.05) is 146 Å². The molecule has 0 atom stereocenters. The van der Waals surface area contributed by atoms with Gasteiger partial charge in [0, 0.05) is 44.2 Å². The molecule has 0 radical (unpaired) electrons. The predicted octanol–water partition coefficient (Wildman–Crippen LogP) is 29.7. The number of rotatable bonds is 12. The van der Waals surface area contributed by atoms with Gasteiger partial charge in [-0.25, -0.2) is 29.9 Å². The molecule has 0 saturated carbocycles. The Kier molecular flexibility index (Phi) is 17.5. The third-order valence-corrected chi connectivity index (χ3v) is 24.7. The van der Waals surface area contributed by atoms with Crippen LogP contribution in [-0.4, -0.2) is 29.9 Å². The zero-order chi connectivity index (χ0) is 82.3. The van der Waals surface area contributed by atoms with Gasteiger partial charge in [0.1, 0.15) is 0 Å². The average Bonchev–Trinajstić information content (AvgIpc) is 1.51. The quantitative estimate of drug-likeness (QED) is 0.118. The Labute approximate surface area is 715 Å². The van der Waals surface area contributed by atoms with Gasteiger partial charge in [-0.05, 0) is 183 Å². The number of benzene rings is 20. The predicted molar refractivity (Wildman–Crippen MR) is 508 cm³/mol. The molecule has 572 valence electrons. The molecule has 0 amide bonds. The lowest BCUT2D eigenvalue weighted by Gasteiger charge is -2.18. The topological polar surface area (TPSA) is 125 Å². The lowest BCUT2D eigenvalue weighted by Crippen LogP contribution is -2.00. The summed E-state index contributed by atoms with van der Waals surface area (Å²) in [5.74, 6) is 3.81. The van der Waals surface area contributed by atoms with E-state index in [9.17, 15) is 10.5 Å². The van der Waals surface area contributed by atoms with Crippen LogP contribution in [0.2, 0.25) is 0 Å². The molecule has 2 aromatic heterocycles. The first kappa shape index (κ1) is 72.2. The first-order chi connectivity index (χ1) is 61.4. The summed E-state index contributed by atoms with van der Waals surface area (Å²) in [6, 6.07) is 150. The van der Waals surface area contributed by atoms with Crippen LogP contribution in [0.15, 0.2) is 413 Å². The lowest BCUT2D eigenvalue weighted by molar-refractivity contribution is 1.07. The zero-order valence-electron chi connectivity index (χ0n) is 66.8. The van der Waals surface area contributed by atoms with Gasteiger partial charge in [-0.15, -0.1) is 0 Å². The van der Waals surface area contributed by atoms with Gasteiger partial charge < -0.3 is 0 Å². The van der Waals surface area contributed by atoms with Crippen molar-refractivity contribution in [3.05, 3.63) is 424 Å². The van der Waals surface area contributed by atoms with Crippen molar-refractivity contribution in [3.8, 4) is 192 Å². The van der Waals surface area contributed by atoms with Crippen molar-refractivity contribution < 1.29 is 0 Å². The SMILES string of the molecule is N#Cc1cccc2c(-c3ccc4c5c(ccc(-c6ccc(-c7cccc(-c8nc(-c9ccccc9)nc(-c9ccccc9)n8)c7)c7ccccc67)c35)-c3ccccc3-4)cccc12.N#Cc1cccc2c(-c3ccc4c5c(ccc(-c6cccc7c(-c8ccc(-c9nc(-c%10ccccc%10)nc(-c%10ccccc%10)n9)cc8)cccc67)c35)-c3ccccc3-4)cccc12. The van der Waals surface area contributed by atoms with E-state index in [2.05, 4.69) is 279 Å². The molecule has 0 aliphatic heterocycles. The van der Waals surface area contributed by atoms with Gasteiger partial charge in [-0.3, -0.25) is 0 Å². The third-order valence-electron chi connectivity index (χ3n) is 24.7. The first-order valence-electron chi connectivity index (χ1n) is 41.7. The van der Waals surface area contributed by atoms with Crippen LogP contribution in [0.3, 0.4) is 0 Å². The van der Waals surface area contributed by atoms with Crippen molar-refractivity contribution in [2.45, 2.75) is 0 Å². The summed E-state index contributed by atoms with van der Waals surface area (Å²) in [7, 11) is 0. The van der Waals surface area contributed by atoms with Crippen LogP contribution in [-0.2, 0) is 0 Å². The molecule has 8 heteroatoms. The Morgan fingerprint density at radius 2 is 0.339 bits per heavy atom. The molecule has 8 nitrogen and oxygen atoms in total. The molecule has 0 saturated heterocycles. The molecule has 0 N–H and O–H groups in total. The minimum absolute atomic E-state index is 0.622. The summed E-state index contributed by atoms with van der Waals surface area (Å²) in [6.45, 7) is 0. The molecule has 2 aliphatic carbocycles. The molecule has 0 unspecified atom stereocenters. The van der Waals surface area contributed by atoms with Crippen LogP contribution in [0.5, 0.6) is 0 Å². The van der Waals surface area contributed by atoms with Crippen LogP contribution in [0, 0.1) is 22.7 Å². The van der Waals surface area contributed by atoms with Gasteiger partial charge in [0.25, 0.3) is 0 Å². The number of aromatic nitrogens is 6. The standard InChI is InChI=1S/2C58H34N4/c59-35-40-17-9-22-44-42(40)21-11-25-48(44)52-33-31-50-46-18-7-8-19-47(46)51-32-34-53(55(52)54(50)51)49-26-12-23-43-41(20-10-24-45(43)49)36-27-29-39(30-28-36)58-61-56(37-13-3-1-4-14-37)60-57(62-58)38-15-5-2-6-16-38;59-35-40-20-12-26-44-41(40)25-13-27-48(44)52-31-30-50-46-23-9-10-24-47(46)51-32-33-53(55(52)54(50)51)49-29-28-42(43-21-7-8-22-45(43)49)38-18-11-19-39(34-38)58-61-56(36-14-3-1-4-15-36)60-57(62-58)37-16-5-2-6-17-37/h2*1-34H. The number of nitrogens with zero attached hydrogens (tertiary/aromatic N) is 8. The molecule has 22 aromatic rings. The second-order valence-corrected chi connectivity index (χ2v) is 31.5. The molecular formula is C116H68N8. The van der Waals surface area contributed by atoms with Gasteiger partial charge in [-0.2, -0.15) is 10.5 Å². The highest BCUT2D eigenvalue weighted by molar-refractivity contribution is 6.27. The van der Waals surface area contributed by atoms with E-state index < -0.39 is 0 Å². The van der Waals surface area contributed by atoms with Crippen molar-refractivity contribution >= 4 is 64.6 Å². The largest absolute Gasteiger partial charge is 0.208 e. The second-order valence-electron chi connectivity index (χ2n) is 31.5. The highest BCUT2D eigenvalue weighted by Crippen LogP contribution is 2.56. The van der Waals surface area contributed by atoms with Crippen LogP contribution < -0.4 is 0 Å². The lowest BCUT2D eigenvalue weighted by atomic mass is 9.84. The Balaban J connectivity index is 0.000000143. The molecule has 0 spiro atoms. The van der Waals surface area contributed by atoms with E-state index in [0.717, 1.165) is 110 Å². The zero-order valence-corrected chi connectivity index (χ0v) is 66.8. The summed E-state index contributed by atoms with van der Waals surface area (Å²) in [5, 5.41) is 33.8. The smallest absolute Gasteiger partial charge is 0.164 e. The van der Waals surface area contributed by atoms with Crippen molar-refractivity contribution in [2.75, 3.05) is 0 Å². The Morgan fingerprint density at radius 1 is 0.137 bits per heavy atom. The van der Waals surface area contributed by atoms with E-state index in [1.165, 1.54) is 98.9 Å². The fourth-order valence-corrected chi connectivity index (χ4v) is 19.1. The highest BCUT2D eigenvalue weighted by Gasteiger charge is 2.30. The Bertz CT molecular complexity index is 8060. The van der Waals surface area contributed by atoms with Crippen LogP contribution in [0.4, 0.5) is 0 Å². The van der Waals surface area contributed by atoms with Gasteiger partial charge in [0.15, 0.2) is 34.9 Å². The van der Waals surface area contributed by atoms with Gasteiger partial charge in [0.2, 0.25) is 0 Å². The number of hydrogen-bond donors (Lipinski definition) is 0. The molecule has 2 aliphatic rings. The van der Waals surface area contributed by atoms with E-state index >= 15 is 0 Å². The number of fused-ring (bicyclic) bond motifs is 10. The molecule has 124 heavy (non-hydrogen) atoms. The van der Waals surface area contributed by atoms with Crippen LogP contribution >= 0.6 is 0 Å². The normalized spacial score (nSPS) is 11.5.